The third-order valence-electron chi connectivity index (χ3n) is 4.45. The number of anilines is 2. The molecule has 0 fully saturated rings. The summed E-state index contributed by atoms with van der Waals surface area (Å²) < 4.78 is 54.3. The lowest BCUT2D eigenvalue weighted by Gasteiger charge is -2.13. The summed E-state index contributed by atoms with van der Waals surface area (Å²) in [5, 5.41) is 2.99. The number of ether oxygens (including phenoxy) is 5. The van der Waals surface area contributed by atoms with Crippen molar-refractivity contribution in [2.75, 3.05) is 32.8 Å². The van der Waals surface area contributed by atoms with E-state index in [1.165, 1.54) is 26.6 Å². The SMILES string of the molecule is CCOC(=O)COc1ccc(Nc2ncc(OCc3c(F)c(OC)cc(OC)c3F)cn2)cc1. The van der Waals surface area contributed by atoms with Crippen LogP contribution in [0.1, 0.15) is 12.5 Å². The minimum Gasteiger partial charge on any atom is -0.494 e. The van der Waals surface area contributed by atoms with E-state index in [1.54, 1.807) is 31.2 Å². The molecule has 0 atom stereocenters. The predicted molar refractivity (Wildman–Crippen MR) is 118 cm³/mol. The minimum atomic E-state index is -0.880. The van der Waals surface area contributed by atoms with E-state index >= 15 is 0 Å². The summed E-state index contributed by atoms with van der Waals surface area (Å²) in [6.45, 7) is 1.41. The second kappa shape index (κ2) is 11.6. The first-order valence-corrected chi connectivity index (χ1v) is 10.1. The zero-order valence-corrected chi connectivity index (χ0v) is 18.8. The van der Waals surface area contributed by atoms with Crippen LogP contribution in [0.4, 0.5) is 20.4 Å². The van der Waals surface area contributed by atoms with Crippen LogP contribution in [-0.2, 0) is 16.1 Å². The molecule has 180 valence electrons. The Labute approximate surface area is 194 Å². The summed E-state index contributed by atoms with van der Waals surface area (Å²) in [6, 6.07) is 7.90. The van der Waals surface area contributed by atoms with Gasteiger partial charge in [0.15, 0.2) is 35.5 Å². The zero-order chi connectivity index (χ0) is 24.5. The van der Waals surface area contributed by atoms with Gasteiger partial charge in [0.2, 0.25) is 5.95 Å². The lowest BCUT2D eigenvalue weighted by atomic mass is 10.1. The largest absolute Gasteiger partial charge is 0.494 e. The molecule has 0 radical (unpaired) electrons. The van der Waals surface area contributed by atoms with E-state index in [0.717, 1.165) is 6.07 Å². The molecule has 1 heterocycles. The maximum absolute atomic E-state index is 14.4. The highest BCUT2D eigenvalue weighted by molar-refractivity contribution is 5.71. The summed E-state index contributed by atoms with van der Waals surface area (Å²) in [5.74, 6) is -1.56. The Hall–Kier alpha value is -4.15. The Morgan fingerprint density at radius 2 is 1.56 bits per heavy atom. The van der Waals surface area contributed by atoms with Gasteiger partial charge in [0.1, 0.15) is 12.4 Å². The summed E-state index contributed by atoms with van der Waals surface area (Å²) in [7, 11) is 2.54. The molecule has 3 rings (SSSR count). The average Bonchev–Trinajstić information content (AvgIpc) is 2.85. The van der Waals surface area contributed by atoms with E-state index in [9.17, 15) is 13.6 Å². The van der Waals surface area contributed by atoms with E-state index in [0.29, 0.717) is 18.0 Å². The Morgan fingerprint density at radius 3 is 2.12 bits per heavy atom. The van der Waals surface area contributed by atoms with Crippen molar-refractivity contribution in [2.24, 2.45) is 0 Å². The maximum Gasteiger partial charge on any atom is 0.344 e. The van der Waals surface area contributed by atoms with Crippen LogP contribution in [0.25, 0.3) is 0 Å². The second-order valence-corrected chi connectivity index (χ2v) is 6.66. The molecule has 0 aliphatic rings. The molecule has 0 saturated carbocycles. The van der Waals surface area contributed by atoms with Gasteiger partial charge in [-0.2, -0.15) is 0 Å². The van der Waals surface area contributed by atoms with Gasteiger partial charge in [-0.05, 0) is 31.2 Å². The van der Waals surface area contributed by atoms with Gasteiger partial charge in [-0.15, -0.1) is 0 Å². The number of carbonyl (C=O) groups excluding carboxylic acids is 1. The number of nitrogens with zero attached hydrogens (tertiary/aromatic N) is 2. The number of methoxy groups -OCH3 is 2. The molecule has 9 nitrogen and oxygen atoms in total. The Morgan fingerprint density at radius 1 is 0.941 bits per heavy atom. The van der Waals surface area contributed by atoms with Gasteiger partial charge in [-0.3, -0.25) is 0 Å². The van der Waals surface area contributed by atoms with E-state index in [4.69, 9.17) is 23.7 Å². The van der Waals surface area contributed by atoms with Gasteiger partial charge in [-0.1, -0.05) is 0 Å². The Kier molecular flexibility index (Phi) is 8.38. The number of halogens is 2. The highest BCUT2D eigenvalue weighted by Gasteiger charge is 2.20. The van der Waals surface area contributed by atoms with E-state index in [-0.39, 0.29) is 35.4 Å². The van der Waals surface area contributed by atoms with E-state index < -0.39 is 24.2 Å². The summed E-state index contributed by atoms with van der Waals surface area (Å²) in [5.41, 5.74) is 0.327. The number of rotatable bonds is 11. The molecule has 0 unspecified atom stereocenters. The molecule has 34 heavy (non-hydrogen) atoms. The van der Waals surface area contributed by atoms with Crippen LogP contribution in [0.2, 0.25) is 0 Å². The number of carbonyl (C=O) groups is 1. The van der Waals surface area contributed by atoms with Gasteiger partial charge < -0.3 is 29.0 Å². The van der Waals surface area contributed by atoms with Gasteiger partial charge >= 0.3 is 5.97 Å². The fraction of sp³-hybridized carbons (Fsp3) is 0.261. The molecule has 0 aliphatic carbocycles. The highest BCUT2D eigenvalue weighted by atomic mass is 19.1. The topological polar surface area (TPSA) is 101 Å². The Bertz CT molecular complexity index is 1080. The van der Waals surface area contributed by atoms with Crippen LogP contribution < -0.4 is 24.3 Å². The minimum absolute atomic E-state index is 0.162. The third kappa shape index (κ3) is 6.21. The molecule has 0 saturated heterocycles. The van der Waals surface area contributed by atoms with Crippen molar-refractivity contribution in [3.63, 3.8) is 0 Å². The molecule has 1 N–H and O–H groups in total. The molecule has 0 spiro atoms. The lowest BCUT2D eigenvalue weighted by Crippen LogP contribution is -2.14. The first-order chi connectivity index (χ1) is 16.4. The fourth-order valence-corrected chi connectivity index (χ4v) is 2.78. The molecule has 0 amide bonds. The summed E-state index contributed by atoms with van der Waals surface area (Å²) in [4.78, 5) is 19.6. The molecule has 0 aliphatic heterocycles. The molecule has 2 aromatic carbocycles. The standard InChI is InChI=1S/C23H23F2N3O6/c1-4-32-20(29)13-34-15-7-5-14(6-8-15)28-23-26-10-16(11-27-23)33-12-17-21(24)18(30-2)9-19(31-3)22(17)25/h5-11H,4,12-13H2,1-3H3,(H,26,27,28). The molecular formula is C23H23F2N3O6. The van der Waals surface area contributed by atoms with Crippen molar-refractivity contribution in [2.45, 2.75) is 13.5 Å². The third-order valence-corrected chi connectivity index (χ3v) is 4.45. The van der Waals surface area contributed by atoms with Crippen LogP contribution in [0.5, 0.6) is 23.0 Å². The maximum atomic E-state index is 14.4. The summed E-state index contributed by atoms with van der Waals surface area (Å²) in [6.07, 6.45) is 2.72. The highest BCUT2D eigenvalue weighted by Crippen LogP contribution is 2.32. The summed E-state index contributed by atoms with van der Waals surface area (Å²) >= 11 is 0. The van der Waals surface area contributed by atoms with Crippen LogP contribution in [0.15, 0.2) is 42.7 Å². The first kappa shape index (κ1) is 24.5. The smallest absolute Gasteiger partial charge is 0.344 e. The number of esters is 1. The van der Waals surface area contributed by atoms with E-state index in [2.05, 4.69) is 15.3 Å². The molecule has 0 bridgehead atoms. The number of benzene rings is 2. The van der Waals surface area contributed by atoms with Gasteiger partial charge in [0, 0.05) is 11.8 Å². The lowest BCUT2D eigenvalue weighted by molar-refractivity contribution is -0.145. The predicted octanol–water partition coefficient (Wildman–Crippen LogP) is 4.04. The number of nitrogens with one attached hydrogen (secondary N) is 1. The van der Waals surface area contributed by atoms with Gasteiger partial charge in [-0.25, -0.2) is 23.5 Å². The number of hydrogen-bond donors (Lipinski definition) is 1. The zero-order valence-electron chi connectivity index (χ0n) is 18.8. The van der Waals surface area contributed by atoms with Crippen molar-refractivity contribution in [1.82, 2.24) is 9.97 Å². The first-order valence-electron chi connectivity index (χ1n) is 10.1. The van der Waals surface area contributed by atoms with Crippen LogP contribution in [0.3, 0.4) is 0 Å². The van der Waals surface area contributed by atoms with Gasteiger partial charge in [0.25, 0.3) is 0 Å². The second-order valence-electron chi connectivity index (χ2n) is 6.66. The van der Waals surface area contributed by atoms with E-state index in [1.807, 2.05) is 0 Å². The number of aromatic nitrogens is 2. The fourth-order valence-electron chi connectivity index (χ4n) is 2.78. The number of hydrogen-bond acceptors (Lipinski definition) is 9. The monoisotopic (exact) mass is 475 g/mol. The van der Waals surface area contributed by atoms with Crippen molar-refractivity contribution < 1.29 is 37.3 Å². The van der Waals surface area contributed by atoms with Crippen molar-refractivity contribution in [3.8, 4) is 23.0 Å². The van der Waals surface area contributed by atoms with Crippen molar-refractivity contribution in [3.05, 3.63) is 59.9 Å². The normalized spacial score (nSPS) is 10.4. The van der Waals surface area contributed by atoms with Crippen molar-refractivity contribution >= 4 is 17.6 Å². The van der Waals surface area contributed by atoms with Crippen LogP contribution >= 0.6 is 0 Å². The molecule has 11 heteroatoms. The molecular weight excluding hydrogens is 452 g/mol. The Balaban J connectivity index is 1.58. The molecule has 1 aromatic heterocycles. The molecule has 3 aromatic rings. The van der Waals surface area contributed by atoms with Gasteiger partial charge in [0.05, 0.1) is 38.8 Å². The quantitative estimate of drug-likeness (QED) is 0.412. The average molecular weight is 475 g/mol. The van der Waals surface area contributed by atoms with Crippen LogP contribution in [-0.4, -0.2) is 43.4 Å². The van der Waals surface area contributed by atoms with Crippen molar-refractivity contribution in [1.29, 1.82) is 0 Å². The van der Waals surface area contributed by atoms with Crippen LogP contribution in [0, 0.1) is 11.6 Å².